The highest BCUT2D eigenvalue weighted by Gasteiger charge is 2.33. The topological polar surface area (TPSA) is 115 Å². The second-order valence-corrected chi connectivity index (χ2v) is 4.61. The smallest absolute Gasteiger partial charge is 0.309 e. The summed E-state index contributed by atoms with van der Waals surface area (Å²) in [6.45, 7) is 3.83. The van der Waals surface area contributed by atoms with Gasteiger partial charge in [0.1, 0.15) is 5.79 Å². The molecule has 0 aromatic rings. The lowest BCUT2D eigenvalue weighted by Crippen LogP contribution is -2.57. The van der Waals surface area contributed by atoms with E-state index in [0.29, 0.717) is 25.7 Å². The Bertz CT molecular complexity index is 220. The van der Waals surface area contributed by atoms with Crippen molar-refractivity contribution in [2.24, 2.45) is 22.6 Å². The molecule has 5 nitrogen and oxygen atoms in total. The Labute approximate surface area is 97.4 Å². The van der Waals surface area contributed by atoms with E-state index in [4.69, 9.17) is 17.2 Å². The number of aliphatic carboxylic acids is 1. The van der Waals surface area contributed by atoms with Crippen LogP contribution < -0.4 is 17.2 Å². The van der Waals surface area contributed by atoms with Crippen molar-refractivity contribution in [3.8, 4) is 0 Å². The summed E-state index contributed by atoms with van der Waals surface area (Å²) in [7, 11) is 0. The normalized spacial score (nSPS) is 12.8. The summed E-state index contributed by atoms with van der Waals surface area (Å²) >= 11 is 0. The molecule has 5 heteroatoms. The van der Waals surface area contributed by atoms with Crippen LogP contribution in [-0.4, -0.2) is 16.9 Å². The SMILES string of the molecule is CCC(CC)(CCCCC(N)(N)N)C(=O)O. The van der Waals surface area contributed by atoms with Gasteiger partial charge in [0.25, 0.3) is 0 Å². The largest absolute Gasteiger partial charge is 0.481 e. The summed E-state index contributed by atoms with van der Waals surface area (Å²) in [5.74, 6) is -1.85. The van der Waals surface area contributed by atoms with Gasteiger partial charge < -0.3 is 22.3 Å². The molecular weight excluding hydrogens is 206 g/mol. The van der Waals surface area contributed by atoms with E-state index in [1.54, 1.807) is 0 Å². The standard InChI is InChI=1S/C11H25N3O2/c1-3-10(4-2,9(15)16)7-5-6-8-11(12,13)14/h3-8,12-14H2,1-2H3,(H,15,16). The summed E-state index contributed by atoms with van der Waals surface area (Å²) in [5, 5.41) is 9.21. The second kappa shape index (κ2) is 6.18. The van der Waals surface area contributed by atoms with Crippen LogP contribution >= 0.6 is 0 Å². The number of rotatable bonds is 8. The Morgan fingerprint density at radius 2 is 1.50 bits per heavy atom. The number of carbonyl (C=O) groups is 1. The van der Waals surface area contributed by atoms with Crippen molar-refractivity contribution in [3.05, 3.63) is 0 Å². The van der Waals surface area contributed by atoms with E-state index in [0.717, 1.165) is 12.8 Å². The van der Waals surface area contributed by atoms with E-state index in [-0.39, 0.29) is 0 Å². The van der Waals surface area contributed by atoms with E-state index in [1.807, 2.05) is 13.8 Å². The molecule has 0 atom stereocenters. The van der Waals surface area contributed by atoms with Gasteiger partial charge in [0, 0.05) is 0 Å². The van der Waals surface area contributed by atoms with Crippen molar-refractivity contribution in [1.82, 2.24) is 0 Å². The minimum atomic E-state index is -1.13. The number of hydrogen-bond donors (Lipinski definition) is 4. The Morgan fingerprint density at radius 3 is 1.81 bits per heavy atom. The molecule has 0 aromatic carbocycles. The van der Waals surface area contributed by atoms with E-state index in [1.165, 1.54) is 0 Å². The number of carboxylic acid groups (broad SMARTS) is 1. The summed E-state index contributed by atoms with van der Waals surface area (Å²) in [6.07, 6.45) is 4.02. The maximum absolute atomic E-state index is 11.2. The first-order chi connectivity index (χ1) is 7.27. The minimum Gasteiger partial charge on any atom is -0.481 e. The monoisotopic (exact) mass is 231 g/mol. The first kappa shape index (κ1) is 15.3. The molecule has 0 aliphatic heterocycles. The summed E-state index contributed by atoms with van der Waals surface area (Å²) in [4.78, 5) is 11.2. The molecule has 0 spiro atoms. The first-order valence-corrected chi connectivity index (χ1v) is 5.87. The van der Waals surface area contributed by atoms with Gasteiger partial charge in [-0.15, -0.1) is 0 Å². The zero-order valence-corrected chi connectivity index (χ0v) is 10.3. The number of hydrogen-bond acceptors (Lipinski definition) is 4. The molecule has 0 unspecified atom stereocenters. The Morgan fingerprint density at radius 1 is 1.06 bits per heavy atom. The number of nitrogens with two attached hydrogens (primary N) is 3. The highest BCUT2D eigenvalue weighted by molar-refractivity contribution is 5.74. The van der Waals surface area contributed by atoms with Gasteiger partial charge in [0.2, 0.25) is 0 Å². The number of unbranched alkanes of at least 4 members (excludes halogenated alkanes) is 1. The molecule has 0 aromatic heterocycles. The molecule has 0 aliphatic rings. The lowest BCUT2D eigenvalue weighted by molar-refractivity contribution is -0.150. The molecule has 0 heterocycles. The Kier molecular flexibility index (Phi) is 5.92. The average molecular weight is 231 g/mol. The number of carboxylic acids is 1. The lowest BCUT2D eigenvalue weighted by Gasteiger charge is -2.27. The lowest BCUT2D eigenvalue weighted by atomic mass is 9.78. The first-order valence-electron chi connectivity index (χ1n) is 5.87. The van der Waals surface area contributed by atoms with Crippen molar-refractivity contribution in [2.45, 2.75) is 58.2 Å². The van der Waals surface area contributed by atoms with Crippen LogP contribution in [0, 0.1) is 5.41 Å². The van der Waals surface area contributed by atoms with Gasteiger partial charge in [-0.2, -0.15) is 0 Å². The van der Waals surface area contributed by atoms with Crippen LogP contribution in [0.1, 0.15) is 52.4 Å². The molecule has 0 radical (unpaired) electrons. The van der Waals surface area contributed by atoms with Crippen LogP contribution in [0.15, 0.2) is 0 Å². The Balaban J connectivity index is 4.10. The van der Waals surface area contributed by atoms with Gasteiger partial charge in [0.05, 0.1) is 5.41 Å². The third kappa shape index (κ3) is 4.92. The predicted octanol–water partition coefficient (Wildman–Crippen LogP) is 0.968. The Hall–Kier alpha value is -0.650. The van der Waals surface area contributed by atoms with Crippen molar-refractivity contribution >= 4 is 5.97 Å². The summed E-state index contributed by atoms with van der Waals surface area (Å²) < 4.78 is 0. The molecule has 96 valence electrons. The molecule has 0 bridgehead atoms. The van der Waals surface area contributed by atoms with E-state index < -0.39 is 17.2 Å². The van der Waals surface area contributed by atoms with Gasteiger partial charge in [-0.1, -0.05) is 20.3 Å². The van der Waals surface area contributed by atoms with Crippen molar-refractivity contribution in [2.75, 3.05) is 0 Å². The zero-order chi connectivity index (χ0) is 12.8. The molecule has 0 aliphatic carbocycles. The summed E-state index contributed by atoms with van der Waals surface area (Å²) in [5.41, 5.74) is 15.8. The van der Waals surface area contributed by atoms with Gasteiger partial charge in [-0.25, -0.2) is 0 Å². The highest BCUT2D eigenvalue weighted by atomic mass is 16.4. The third-order valence-corrected chi connectivity index (χ3v) is 3.32. The van der Waals surface area contributed by atoms with E-state index in [9.17, 15) is 9.90 Å². The average Bonchev–Trinajstić information content (AvgIpc) is 2.17. The zero-order valence-electron chi connectivity index (χ0n) is 10.3. The van der Waals surface area contributed by atoms with Gasteiger partial charge in [0.15, 0.2) is 0 Å². The third-order valence-electron chi connectivity index (χ3n) is 3.32. The van der Waals surface area contributed by atoms with Crippen molar-refractivity contribution in [3.63, 3.8) is 0 Å². The van der Waals surface area contributed by atoms with Crippen LogP contribution in [0.25, 0.3) is 0 Å². The minimum absolute atomic E-state index is 0.510. The molecule has 0 saturated heterocycles. The van der Waals surface area contributed by atoms with Crippen molar-refractivity contribution < 1.29 is 9.90 Å². The molecule has 16 heavy (non-hydrogen) atoms. The van der Waals surface area contributed by atoms with Crippen LogP contribution in [0.5, 0.6) is 0 Å². The fourth-order valence-corrected chi connectivity index (χ4v) is 1.91. The summed E-state index contributed by atoms with van der Waals surface area (Å²) in [6, 6.07) is 0. The molecule has 0 saturated carbocycles. The van der Waals surface area contributed by atoms with Crippen LogP contribution in [0.4, 0.5) is 0 Å². The molecular formula is C11H25N3O2. The maximum atomic E-state index is 11.2. The predicted molar refractivity (Wildman–Crippen MR) is 64.4 cm³/mol. The highest BCUT2D eigenvalue weighted by Crippen LogP contribution is 2.33. The quantitative estimate of drug-likeness (QED) is 0.367. The fraction of sp³-hybridized carbons (Fsp3) is 0.909. The van der Waals surface area contributed by atoms with Crippen LogP contribution in [0.3, 0.4) is 0 Å². The van der Waals surface area contributed by atoms with Gasteiger partial charge >= 0.3 is 5.97 Å². The molecule has 0 rings (SSSR count). The van der Waals surface area contributed by atoms with Crippen LogP contribution in [-0.2, 0) is 4.79 Å². The molecule has 0 amide bonds. The van der Waals surface area contributed by atoms with Crippen molar-refractivity contribution in [1.29, 1.82) is 0 Å². The van der Waals surface area contributed by atoms with E-state index in [2.05, 4.69) is 0 Å². The van der Waals surface area contributed by atoms with Gasteiger partial charge in [-0.3, -0.25) is 4.79 Å². The second-order valence-electron chi connectivity index (χ2n) is 4.61. The van der Waals surface area contributed by atoms with E-state index >= 15 is 0 Å². The fourth-order valence-electron chi connectivity index (χ4n) is 1.91. The van der Waals surface area contributed by atoms with Crippen LogP contribution in [0.2, 0.25) is 0 Å². The molecule has 7 N–H and O–H groups in total. The maximum Gasteiger partial charge on any atom is 0.309 e. The molecule has 0 fully saturated rings. The van der Waals surface area contributed by atoms with Gasteiger partial charge in [-0.05, 0) is 32.1 Å².